The van der Waals surface area contributed by atoms with Gasteiger partial charge in [-0.1, -0.05) is 154 Å². The van der Waals surface area contributed by atoms with Crippen molar-refractivity contribution < 1.29 is 39.6 Å². The Labute approximate surface area is 341 Å². The zero-order valence-corrected chi connectivity index (χ0v) is 36.0. The number of carbonyl (C=O) groups excluding carboxylic acids is 2. The van der Waals surface area contributed by atoms with Gasteiger partial charge in [-0.2, -0.15) is 0 Å². The third-order valence-corrected chi connectivity index (χ3v) is 8.02. The van der Waals surface area contributed by atoms with Gasteiger partial charge in [-0.15, -0.1) is 0 Å². The van der Waals surface area contributed by atoms with Gasteiger partial charge in [-0.25, -0.2) is 9.59 Å². The minimum atomic E-state index is -0.935. The van der Waals surface area contributed by atoms with Crippen LogP contribution in [0.3, 0.4) is 0 Å². The molecule has 0 fully saturated rings. The monoisotopic (exact) mass is 759 g/mol. The molecule has 0 rings (SSSR count). The smallest absolute Gasteiger partial charge is 0.550 e. The van der Waals surface area contributed by atoms with Crippen LogP contribution >= 0.6 is 0 Å². The Morgan fingerprint density at radius 1 is 0.434 bits per heavy atom. The summed E-state index contributed by atoms with van der Waals surface area (Å²) in [5.41, 5.74) is 0.352. The van der Waals surface area contributed by atoms with Crippen LogP contribution in [0.15, 0.2) is 48.6 Å². The number of hydrogen-bond acceptors (Lipinski definition) is 6. The first-order chi connectivity index (χ1) is 24.8. The third-order valence-electron chi connectivity index (χ3n) is 8.02. The Morgan fingerprint density at radius 2 is 0.623 bits per heavy atom. The second-order valence-electron chi connectivity index (χ2n) is 13.6. The van der Waals surface area contributed by atoms with E-state index in [1.165, 1.54) is 142 Å². The van der Waals surface area contributed by atoms with Gasteiger partial charge in [0.15, 0.2) is 0 Å². The van der Waals surface area contributed by atoms with E-state index in [2.05, 4.69) is 51.3 Å². The Bertz CT molecular complexity index is 828. The van der Waals surface area contributed by atoms with Crippen LogP contribution in [-0.4, -0.2) is 57.1 Å². The summed E-state index contributed by atoms with van der Waals surface area (Å²) in [5.74, 6) is -3.70. The van der Waals surface area contributed by atoms with Crippen molar-refractivity contribution in [3.8, 4) is 0 Å². The van der Waals surface area contributed by atoms with Gasteiger partial charge in [0, 0.05) is 23.1 Å². The van der Waals surface area contributed by atoms with E-state index in [1.54, 1.807) is 0 Å². The SMILES string of the molecule is C=C(C)C(=O)O.C=C(C)C(=O)O.CCCCCCCC/C=C/CCCCCCCC(=O)[O-].CCCCCCCC/C=C/CCCCCCCC(=O)[O-].[Mg+2]. The number of aliphatic carboxylic acids is 4. The van der Waals surface area contributed by atoms with E-state index in [0.717, 1.165) is 38.5 Å². The van der Waals surface area contributed by atoms with Gasteiger partial charge in [0.1, 0.15) is 0 Å². The molecule has 0 aliphatic carbocycles. The maximum absolute atomic E-state index is 10.2. The van der Waals surface area contributed by atoms with E-state index in [9.17, 15) is 29.4 Å². The normalized spacial score (nSPS) is 10.2. The maximum atomic E-state index is 10.2. The van der Waals surface area contributed by atoms with E-state index in [0.29, 0.717) is 0 Å². The maximum Gasteiger partial charge on any atom is 2.00 e. The van der Waals surface area contributed by atoms with Crippen molar-refractivity contribution in [2.24, 2.45) is 0 Å². The van der Waals surface area contributed by atoms with E-state index in [1.807, 2.05) is 0 Å². The van der Waals surface area contributed by atoms with Crippen molar-refractivity contribution in [3.05, 3.63) is 48.6 Å². The summed E-state index contributed by atoms with van der Waals surface area (Å²) in [6, 6.07) is 0. The van der Waals surface area contributed by atoms with Gasteiger partial charge >= 0.3 is 35.0 Å². The van der Waals surface area contributed by atoms with E-state index in [4.69, 9.17) is 10.2 Å². The fraction of sp³-hybridized carbons (Fsp3) is 0.727. The second kappa shape index (κ2) is 51.7. The zero-order valence-electron chi connectivity index (χ0n) is 34.6. The number of carboxylic acids is 4. The molecule has 0 spiro atoms. The standard InChI is InChI=1S/2C18H34O2.2C4H6O2.Mg/c2*1-2-3-4-5-6-7-8-9-10-11-12-13-14-15-16-17-18(19)20;2*1-3(2)4(5)6;/h2*9-10H,2-8,11-17H2,1H3,(H,19,20);2*1H2,2H3,(H,5,6);/q;;;;+2/p-2/b2*10-9+;;;. The average molecular weight is 759 g/mol. The van der Waals surface area contributed by atoms with Crippen LogP contribution in [0.25, 0.3) is 0 Å². The molecule has 2 N–H and O–H groups in total. The van der Waals surface area contributed by atoms with Gasteiger partial charge in [-0.05, 0) is 90.9 Å². The summed E-state index contributed by atoms with van der Waals surface area (Å²) in [6.45, 7) is 13.7. The summed E-state index contributed by atoms with van der Waals surface area (Å²) in [4.78, 5) is 39.6. The van der Waals surface area contributed by atoms with Crippen molar-refractivity contribution in [2.45, 2.75) is 207 Å². The summed E-state index contributed by atoms with van der Waals surface area (Å²) in [6.07, 6.45) is 41.8. The Morgan fingerprint density at radius 3 is 0.811 bits per heavy atom. The first-order valence-corrected chi connectivity index (χ1v) is 20.3. The third kappa shape index (κ3) is 71.7. The largest absolute Gasteiger partial charge is 2.00 e. The first kappa shape index (κ1) is 59.9. The number of allylic oxidation sites excluding steroid dienone is 4. The van der Waals surface area contributed by atoms with Crippen molar-refractivity contribution in [2.75, 3.05) is 0 Å². The number of carbonyl (C=O) groups is 4. The quantitative estimate of drug-likeness (QED) is 0.0297. The Kier molecular flexibility index (Phi) is 58.4. The van der Waals surface area contributed by atoms with Crippen LogP contribution in [0.4, 0.5) is 0 Å². The van der Waals surface area contributed by atoms with Crippen LogP contribution in [0.2, 0.25) is 0 Å². The second-order valence-corrected chi connectivity index (χ2v) is 13.6. The van der Waals surface area contributed by atoms with Gasteiger partial charge in [-0.3, -0.25) is 0 Å². The average Bonchev–Trinajstić information content (AvgIpc) is 3.08. The van der Waals surface area contributed by atoms with E-state index >= 15 is 0 Å². The van der Waals surface area contributed by atoms with Crippen molar-refractivity contribution in [1.82, 2.24) is 0 Å². The number of rotatable bonds is 32. The first-order valence-electron chi connectivity index (χ1n) is 20.3. The van der Waals surface area contributed by atoms with Crippen LogP contribution in [0, 0.1) is 0 Å². The molecule has 9 heteroatoms. The van der Waals surface area contributed by atoms with Crippen molar-refractivity contribution >= 4 is 46.9 Å². The van der Waals surface area contributed by atoms with Crippen molar-refractivity contribution in [1.29, 1.82) is 0 Å². The fourth-order valence-electron chi connectivity index (χ4n) is 4.68. The van der Waals surface area contributed by atoms with Crippen LogP contribution in [0.5, 0.6) is 0 Å². The molecule has 0 heterocycles. The van der Waals surface area contributed by atoms with Gasteiger partial charge in [0.25, 0.3) is 0 Å². The molecular weight excluding hydrogens is 681 g/mol. The minimum Gasteiger partial charge on any atom is -0.550 e. The van der Waals surface area contributed by atoms with Crippen molar-refractivity contribution in [3.63, 3.8) is 0 Å². The number of carboxylic acid groups (broad SMARTS) is 4. The Balaban J connectivity index is -0.000000218. The predicted octanol–water partition coefficient (Wildman–Crippen LogP) is 10.5. The minimum absolute atomic E-state index is 0. The molecule has 0 unspecified atom stereocenters. The molecule has 0 saturated carbocycles. The topological polar surface area (TPSA) is 155 Å². The zero-order chi connectivity index (χ0) is 40.1. The molecule has 0 aromatic rings. The summed E-state index contributed by atoms with van der Waals surface area (Å²) < 4.78 is 0. The molecule has 0 aromatic heterocycles. The molecule has 0 aliphatic rings. The summed E-state index contributed by atoms with van der Waals surface area (Å²) in [7, 11) is 0. The van der Waals surface area contributed by atoms with Gasteiger partial charge < -0.3 is 30.0 Å². The molecule has 0 atom stereocenters. The summed E-state index contributed by atoms with van der Waals surface area (Å²) in [5, 5.41) is 36.2. The Hall–Kier alpha value is -2.39. The van der Waals surface area contributed by atoms with Crippen LogP contribution in [0.1, 0.15) is 207 Å². The molecule has 0 saturated heterocycles. The fourth-order valence-corrected chi connectivity index (χ4v) is 4.68. The van der Waals surface area contributed by atoms with E-state index in [-0.39, 0.29) is 47.0 Å². The van der Waals surface area contributed by atoms with Gasteiger partial charge in [0.05, 0.1) is 0 Å². The van der Waals surface area contributed by atoms with Crippen LogP contribution < -0.4 is 10.2 Å². The van der Waals surface area contributed by atoms with E-state index < -0.39 is 23.9 Å². The predicted molar refractivity (Wildman–Crippen MR) is 220 cm³/mol. The molecule has 0 radical (unpaired) electrons. The molecule has 8 nitrogen and oxygen atoms in total. The molecule has 0 aromatic carbocycles. The molecule has 304 valence electrons. The number of hydrogen-bond donors (Lipinski definition) is 2. The van der Waals surface area contributed by atoms with Gasteiger partial charge in [0.2, 0.25) is 0 Å². The summed E-state index contributed by atoms with van der Waals surface area (Å²) >= 11 is 0. The molecule has 0 aliphatic heterocycles. The molecule has 0 amide bonds. The number of unbranched alkanes of at least 4 members (excludes halogenated alkanes) is 22. The molecular formula is C44H78MgO8. The van der Waals surface area contributed by atoms with Crippen LogP contribution in [-0.2, 0) is 19.2 Å². The molecule has 0 bridgehead atoms. The molecule has 53 heavy (non-hydrogen) atoms.